The summed E-state index contributed by atoms with van der Waals surface area (Å²) in [6.45, 7) is 6.29. The molecule has 0 rings (SSSR count). The highest BCUT2D eigenvalue weighted by atomic mass is 16.6. The Morgan fingerprint density at radius 2 is 1.28 bits per heavy atom. The van der Waals surface area contributed by atoms with Crippen LogP contribution >= 0.6 is 0 Å². The Labute approximate surface area is 282 Å². The molecule has 1 unspecified atom stereocenters. The van der Waals surface area contributed by atoms with Crippen LogP contribution in [0.25, 0.3) is 0 Å². The fraction of sp³-hybridized carbons (Fsp3) is 0.750. The fourth-order valence-corrected chi connectivity index (χ4v) is 4.98. The zero-order chi connectivity index (χ0) is 33.9. The quantitative estimate of drug-likeness (QED) is 0.0327. The third-order valence-corrected chi connectivity index (χ3v) is 8.27. The van der Waals surface area contributed by atoms with Gasteiger partial charge in [0.1, 0.15) is 6.61 Å². The Hall–Kier alpha value is -2.18. The molecule has 3 atom stereocenters. The molecule has 0 heterocycles. The van der Waals surface area contributed by atoms with Gasteiger partial charge in [-0.15, -0.1) is 0 Å². The molecule has 0 saturated carbocycles. The molecule has 0 saturated heterocycles. The first-order valence-corrected chi connectivity index (χ1v) is 18.7. The number of hydrogen-bond donors (Lipinski definition) is 2. The lowest BCUT2D eigenvalue weighted by atomic mass is 9.99. The van der Waals surface area contributed by atoms with Crippen LogP contribution in [0.3, 0.4) is 0 Å². The van der Waals surface area contributed by atoms with Crippen molar-refractivity contribution in [3.8, 4) is 0 Å². The molecule has 0 aliphatic carbocycles. The van der Waals surface area contributed by atoms with Crippen molar-refractivity contribution in [1.82, 2.24) is 0 Å². The molecular formula is C40H70O6. The van der Waals surface area contributed by atoms with E-state index in [0.717, 1.165) is 44.4 Å². The molecule has 2 N–H and O–H groups in total. The molecule has 0 bridgehead atoms. The van der Waals surface area contributed by atoms with Crippen LogP contribution < -0.4 is 0 Å². The van der Waals surface area contributed by atoms with E-state index in [1.54, 1.807) is 6.08 Å². The average Bonchev–Trinajstić information content (AvgIpc) is 3.05. The van der Waals surface area contributed by atoms with Gasteiger partial charge in [-0.3, -0.25) is 9.59 Å². The Morgan fingerprint density at radius 3 is 1.93 bits per heavy atom. The predicted octanol–water partition coefficient (Wildman–Crippen LogP) is 10.3. The minimum absolute atomic E-state index is 0.126. The zero-order valence-corrected chi connectivity index (χ0v) is 29.8. The highest BCUT2D eigenvalue weighted by Crippen LogP contribution is 2.15. The van der Waals surface area contributed by atoms with Crippen LogP contribution in [-0.2, 0) is 19.1 Å². The average molecular weight is 647 g/mol. The Morgan fingerprint density at radius 1 is 0.674 bits per heavy atom. The summed E-state index contributed by atoms with van der Waals surface area (Å²) in [6, 6.07) is 0. The molecule has 0 spiro atoms. The second-order valence-corrected chi connectivity index (χ2v) is 12.7. The summed E-state index contributed by atoms with van der Waals surface area (Å²) in [5.74, 6) is 0.0715. The summed E-state index contributed by atoms with van der Waals surface area (Å²) in [6.07, 6.45) is 37.6. The van der Waals surface area contributed by atoms with Crippen LogP contribution in [-0.4, -0.2) is 47.6 Å². The van der Waals surface area contributed by atoms with Crippen molar-refractivity contribution in [2.75, 3.05) is 13.2 Å². The van der Waals surface area contributed by atoms with E-state index < -0.39 is 24.8 Å². The molecule has 0 aromatic rings. The van der Waals surface area contributed by atoms with Crippen LogP contribution in [0.15, 0.2) is 48.6 Å². The van der Waals surface area contributed by atoms with E-state index in [1.165, 1.54) is 77.0 Å². The number of allylic oxidation sites excluding steroid dienone is 7. The minimum atomic E-state index is -0.864. The number of unbranched alkanes of at least 4 members (excludes halogenated alkanes) is 12. The second-order valence-electron chi connectivity index (χ2n) is 12.7. The maximum Gasteiger partial charge on any atom is 0.306 e. The highest BCUT2D eigenvalue weighted by Gasteiger charge is 2.16. The van der Waals surface area contributed by atoms with Crippen molar-refractivity contribution in [2.45, 2.75) is 174 Å². The van der Waals surface area contributed by atoms with Crippen LogP contribution in [0.2, 0.25) is 0 Å². The van der Waals surface area contributed by atoms with E-state index >= 15 is 0 Å². The molecule has 6 heteroatoms. The Kier molecular flexibility index (Phi) is 32.5. The predicted molar refractivity (Wildman–Crippen MR) is 193 cm³/mol. The summed E-state index contributed by atoms with van der Waals surface area (Å²) < 4.78 is 10.5. The molecule has 0 aliphatic heterocycles. The van der Waals surface area contributed by atoms with E-state index in [0.29, 0.717) is 19.3 Å². The van der Waals surface area contributed by atoms with E-state index in [2.05, 4.69) is 45.1 Å². The number of hydrogen-bond acceptors (Lipinski definition) is 6. The third-order valence-electron chi connectivity index (χ3n) is 8.27. The number of ether oxygens (including phenoxy) is 2. The van der Waals surface area contributed by atoms with E-state index in [1.807, 2.05) is 18.2 Å². The lowest BCUT2D eigenvalue weighted by molar-refractivity contribution is -0.161. The largest absolute Gasteiger partial charge is 0.462 e. The van der Waals surface area contributed by atoms with Gasteiger partial charge in [0, 0.05) is 12.8 Å². The molecule has 6 nitrogen and oxygen atoms in total. The van der Waals surface area contributed by atoms with Crippen molar-refractivity contribution < 1.29 is 29.3 Å². The van der Waals surface area contributed by atoms with Gasteiger partial charge in [0.15, 0.2) is 6.10 Å². The molecule has 0 fully saturated rings. The molecule has 0 aliphatic rings. The highest BCUT2D eigenvalue weighted by molar-refractivity contribution is 5.70. The lowest BCUT2D eigenvalue weighted by Gasteiger charge is -2.16. The summed E-state index contributed by atoms with van der Waals surface area (Å²) in [4.78, 5) is 24.2. The van der Waals surface area contributed by atoms with Crippen molar-refractivity contribution >= 4 is 11.9 Å². The fourth-order valence-electron chi connectivity index (χ4n) is 4.98. The van der Waals surface area contributed by atoms with Gasteiger partial charge in [0.25, 0.3) is 0 Å². The van der Waals surface area contributed by atoms with Crippen molar-refractivity contribution in [2.24, 2.45) is 5.92 Å². The van der Waals surface area contributed by atoms with Crippen LogP contribution in [0, 0.1) is 5.92 Å². The smallest absolute Gasteiger partial charge is 0.306 e. The van der Waals surface area contributed by atoms with Gasteiger partial charge >= 0.3 is 11.9 Å². The number of carbonyl (C=O) groups excluding carboxylic acids is 2. The first-order valence-electron chi connectivity index (χ1n) is 18.7. The van der Waals surface area contributed by atoms with E-state index in [9.17, 15) is 19.8 Å². The summed E-state index contributed by atoms with van der Waals surface area (Å²) in [5.41, 5.74) is 0. The number of carbonyl (C=O) groups is 2. The lowest BCUT2D eigenvalue weighted by Crippen LogP contribution is -2.28. The number of rotatable bonds is 32. The standard InChI is InChI=1S/C40H70O6/c1-4-6-7-8-9-10-11-12-13-17-20-23-26-30-37(42)31-28-33-40(44)46-38(34-41)35-45-39(43)32-27-24-21-18-15-14-16-19-22-25-29-36(3)5-2/h9-10,12-13,20,23,26,30,36-38,41-42H,4-8,11,14-19,21-22,24-25,27-29,31-35H2,1-3H3/b10-9-,13-12-,23-20-,30-26+/t36?,37-,38-/m0/s1. The molecule has 0 aromatic carbocycles. The van der Waals surface area contributed by atoms with Gasteiger partial charge in [-0.25, -0.2) is 0 Å². The summed E-state index contributed by atoms with van der Waals surface area (Å²) >= 11 is 0. The van der Waals surface area contributed by atoms with Crippen molar-refractivity contribution in [1.29, 1.82) is 0 Å². The minimum Gasteiger partial charge on any atom is -0.462 e. The zero-order valence-electron chi connectivity index (χ0n) is 29.8. The van der Waals surface area contributed by atoms with Gasteiger partial charge in [-0.1, -0.05) is 153 Å². The molecule has 0 radical (unpaired) electrons. The third kappa shape index (κ3) is 31.8. The maximum atomic E-state index is 12.1. The first-order chi connectivity index (χ1) is 22.4. The number of esters is 2. The van der Waals surface area contributed by atoms with E-state index in [4.69, 9.17) is 9.47 Å². The van der Waals surface area contributed by atoms with Crippen molar-refractivity contribution in [3.05, 3.63) is 48.6 Å². The molecule has 266 valence electrons. The monoisotopic (exact) mass is 647 g/mol. The molecule has 46 heavy (non-hydrogen) atoms. The van der Waals surface area contributed by atoms with Gasteiger partial charge < -0.3 is 19.7 Å². The summed E-state index contributed by atoms with van der Waals surface area (Å²) in [7, 11) is 0. The van der Waals surface area contributed by atoms with Crippen molar-refractivity contribution in [3.63, 3.8) is 0 Å². The van der Waals surface area contributed by atoms with Gasteiger partial charge in [-0.2, -0.15) is 0 Å². The van der Waals surface area contributed by atoms with Gasteiger partial charge in [0.05, 0.1) is 12.7 Å². The topological polar surface area (TPSA) is 93.1 Å². The number of aliphatic hydroxyl groups is 2. The van der Waals surface area contributed by atoms with Gasteiger partial charge in [0.2, 0.25) is 0 Å². The molecule has 0 aromatic heterocycles. The van der Waals surface area contributed by atoms with Crippen LogP contribution in [0.1, 0.15) is 162 Å². The normalized spacial score (nSPS) is 14.1. The number of aliphatic hydroxyl groups excluding tert-OH is 2. The van der Waals surface area contributed by atoms with Crippen LogP contribution in [0.4, 0.5) is 0 Å². The Balaban J connectivity index is 3.80. The maximum absolute atomic E-state index is 12.1. The molecular weight excluding hydrogens is 576 g/mol. The summed E-state index contributed by atoms with van der Waals surface area (Å²) in [5, 5.41) is 19.6. The first kappa shape index (κ1) is 43.8. The van der Waals surface area contributed by atoms with Gasteiger partial charge in [-0.05, 0) is 50.9 Å². The second kappa shape index (κ2) is 34.2. The Bertz CT molecular complexity index is 815. The van der Waals surface area contributed by atoms with Crippen LogP contribution in [0.5, 0.6) is 0 Å². The SMILES string of the molecule is CCCCC/C=C\C/C=C\C/C=C\C=C\[C@H](O)CCCC(=O)O[C@@H](CO)COC(=O)CCCCCCCCCCCCC(C)CC. The van der Waals surface area contributed by atoms with E-state index in [-0.39, 0.29) is 19.0 Å². The molecule has 0 amide bonds.